The minimum Gasteiger partial charge on any atom is -0.550 e. The average molecular weight is 305 g/mol. The maximum absolute atomic E-state index is 11.6. The normalized spacial score (nSPS) is 14.4. The molecule has 113 valence electrons. The summed E-state index contributed by atoms with van der Waals surface area (Å²) < 4.78 is 4.88. The highest BCUT2D eigenvalue weighted by molar-refractivity contribution is 6.52. The molecule has 0 saturated carbocycles. The largest absolute Gasteiger partial charge is 0.550 e. The van der Waals surface area contributed by atoms with Crippen molar-refractivity contribution in [1.29, 1.82) is 5.41 Å². The quantitative estimate of drug-likeness (QED) is 0.326. The number of fused-ring (bicyclic) bond motifs is 3. The van der Waals surface area contributed by atoms with Crippen LogP contribution >= 0.6 is 0 Å². The molecular weight excluding hydrogens is 290 g/mol. The van der Waals surface area contributed by atoms with Gasteiger partial charge in [-0.2, -0.15) is 0 Å². The fraction of sp³-hybridized carbons (Fsp3) is 0.125. The Labute approximate surface area is 135 Å². The molecule has 23 heavy (non-hydrogen) atoms. The van der Waals surface area contributed by atoms with Crippen LogP contribution in [-0.4, -0.2) is 32.2 Å². The third kappa shape index (κ3) is 2.87. The zero-order valence-electron chi connectivity index (χ0n) is 12.6. The van der Waals surface area contributed by atoms with Gasteiger partial charge in [0.15, 0.2) is 0 Å². The molecule has 3 N–H and O–H groups in total. The van der Waals surface area contributed by atoms with Gasteiger partial charge < -0.3 is 19.7 Å². The predicted molar refractivity (Wildman–Crippen MR) is 92.5 cm³/mol. The molecule has 2 aromatic carbocycles. The van der Waals surface area contributed by atoms with E-state index >= 15 is 0 Å². The molecule has 2 aromatic rings. The van der Waals surface area contributed by atoms with Crippen molar-refractivity contribution >= 4 is 38.4 Å². The molecule has 0 aromatic heterocycles. The Hall–Kier alpha value is -2.53. The Balaban J connectivity index is 2.01. The summed E-state index contributed by atoms with van der Waals surface area (Å²) in [7, 11) is 0.810. The van der Waals surface area contributed by atoms with Crippen LogP contribution in [0.4, 0.5) is 5.69 Å². The summed E-state index contributed by atoms with van der Waals surface area (Å²) in [4.78, 5) is 11.6. The van der Waals surface area contributed by atoms with Crippen molar-refractivity contribution in [3.8, 4) is 11.1 Å². The lowest BCUT2D eigenvalue weighted by Gasteiger charge is -2.10. The zero-order valence-corrected chi connectivity index (χ0v) is 12.6. The second-order valence-corrected chi connectivity index (χ2v) is 5.45. The molecule has 1 atom stereocenters. The number of aldehydes is 1. The van der Waals surface area contributed by atoms with Crippen LogP contribution in [-0.2, 0) is 9.45 Å². The van der Waals surface area contributed by atoms with Crippen molar-refractivity contribution in [1.82, 2.24) is 0 Å². The number of carbonyl (C=O) groups is 1. The van der Waals surface area contributed by atoms with Gasteiger partial charge in [-0.15, -0.1) is 0 Å². The molecule has 0 fully saturated rings. The zero-order chi connectivity index (χ0) is 16.4. The lowest BCUT2D eigenvalue weighted by atomic mass is 9.84. The number of benzene rings is 2. The van der Waals surface area contributed by atoms with Crippen molar-refractivity contribution in [3.63, 3.8) is 0 Å². The first kappa shape index (κ1) is 15.4. The molecule has 1 aliphatic carbocycles. The van der Waals surface area contributed by atoms with Gasteiger partial charge in [-0.1, -0.05) is 24.3 Å². The monoisotopic (exact) mass is 305 g/mol. The van der Waals surface area contributed by atoms with Gasteiger partial charge in [-0.05, 0) is 46.7 Å². The molecule has 0 amide bonds. The Morgan fingerprint density at radius 2 is 1.96 bits per heavy atom. The first-order valence-corrected chi connectivity index (χ1v) is 7.30. The van der Waals surface area contributed by atoms with Gasteiger partial charge in [-0.3, -0.25) is 5.41 Å². The first-order valence-electron chi connectivity index (χ1n) is 7.30. The van der Waals surface area contributed by atoms with Crippen LogP contribution in [0.5, 0.6) is 0 Å². The van der Waals surface area contributed by atoms with E-state index in [-0.39, 0.29) is 5.92 Å². The Morgan fingerprint density at radius 1 is 1.26 bits per heavy atom. The third-order valence-corrected chi connectivity index (χ3v) is 3.87. The van der Waals surface area contributed by atoms with Crippen LogP contribution in [0.3, 0.4) is 0 Å². The number of carbonyl (C=O) groups excluding carboxylic acids is 1. The molecular formula is C16H15B2N2O3. The van der Waals surface area contributed by atoms with E-state index in [9.17, 15) is 9.82 Å². The van der Waals surface area contributed by atoms with E-state index in [1.807, 2.05) is 36.4 Å². The maximum Gasteiger partial charge on any atom is 0.409 e. The van der Waals surface area contributed by atoms with Crippen molar-refractivity contribution < 1.29 is 14.5 Å². The third-order valence-electron chi connectivity index (χ3n) is 3.87. The summed E-state index contributed by atoms with van der Waals surface area (Å²) in [6.07, 6.45) is 1.78. The predicted octanol–water partition coefficient (Wildman–Crippen LogP) is 1.39. The van der Waals surface area contributed by atoms with Gasteiger partial charge in [0.2, 0.25) is 0 Å². The summed E-state index contributed by atoms with van der Waals surface area (Å²) in [5, 5.41) is 19.3. The molecule has 0 spiro atoms. The molecule has 1 radical (unpaired) electrons. The van der Waals surface area contributed by atoms with E-state index in [1.165, 1.54) is 7.48 Å². The van der Waals surface area contributed by atoms with Gasteiger partial charge in [-0.25, -0.2) is 0 Å². The van der Waals surface area contributed by atoms with Gasteiger partial charge in [0, 0.05) is 5.69 Å². The first-order chi connectivity index (χ1) is 11.1. The van der Waals surface area contributed by atoms with Crippen molar-refractivity contribution in [2.24, 2.45) is 0 Å². The Bertz CT molecular complexity index is 765. The number of hydrogen-bond acceptors (Lipinski definition) is 5. The van der Waals surface area contributed by atoms with Gasteiger partial charge >= 0.3 is 14.5 Å². The van der Waals surface area contributed by atoms with E-state index in [0.29, 0.717) is 0 Å². The lowest BCUT2D eigenvalue weighted by molar-refractivity contribution is -0.108. The summed E-state index contributed by atoms with van der Waals surface area (Å²) in [6.45, 7) is 1.64. The number of anilines is 1. The van der Waals surface area contributed by atoms with E-state index < -0.39 is 7.05 Å². The summed E-state index contributed by atoms with van der Waals surface area (Å²) >= 11 is 0. The molecule has 3 rings (SSSR count). The van der Waals surface area contributed by atoms with Crippen molar-refractivity contribution in [2.75, 3.05) is 5.23 Å². The summed E-state index contributed by atoms with van der Waals surface area (Å²) in [5.41, 5.74) is 5.46. The van der Waals surface area contributed by atoms with E-state index in [4.69, 9.17) is 10.1 Å². The smallest absolute Gasteiger partial charge is 0.409 e. The standard InChI is InChI=1S/C16H15B2N2O3/c1-18(22)20-11-3-5-13-12-4-2-10(17-23-9-19)6-14(12)16(8-21)15(13)7-11/h2-9,16,19-20,22H,1H3. The average Bonchev–Trinajstić information content (AvgIpc) is 2.84. The minimum atomic E-state index is -0.661. The van der Waals surface area contributed by atoms with Crippen LogP contribution in [0.25, 0.3) is 11.1 Å². The second kappa shape index (κ2) is 6.30. The molecule has 1 aliphatic rings. The highest BCUT2D eigenvalue weighted by Gasteiger charge is 2.29. The number of rotatable bonds is 6. The number of nitrogens with one attached hydrogen (secondary N) is 2. The van der Waals surface area contributed by atoms with E-state index in [1.54, 1.807) is 6.82 Å². The van der Waals surface area contributed by atoms with Crippen LogP contribution < -0.4 is 10.7 Å². The Kier molecular flexibility index (Phi) is 4.21. The Morgan fingerprint density at radius 3 is 2.61 bits per heavy atom. The molecule has 0 heterocycles. The van der Waals surface area contributed by atoms with Crippen LogP contribution in [0, 0.1) is 5.41 Å². The van der Waals surface area contributed by atoms with Gasteiger partial charge in [0.25, 0.3) is 0 Å². The molecule has 0 bridgehead atoms. The maximum atomic E-state index is 11.6. The van der Waals surface area contributed by atoms with Crippen LogP contribution in [0.15, 0.2) is 36.4 Å². The molecule has 0 saturated heterocycles. The molecule has 7 heteroatoms. The highest BCUT2D eigenvalue weighted by atomic mass is 16.4. The lowest BCUT2D eigenvalue weighted by Crippen LogP contribution is -2.19. The SMILES string of the molecule is CB(O)Nc1ccc2c(c1)C(C=O)c1cc([B]OC=N)ccc1-2. The number of hydrogen-bond donors (Lipinski definition) is 3. The molecule has 1 unspecified atom stereocenters. The fourth-order valence-electron chi connectivity index (χ4n) is 2.98. The highest BCUT2D eigenvalue weighted by Crippen LogP contribution is 2.44. The molecule has 0 aliphatic heterocycles. The summed E-state index contributed by atoms with van der Waals surface area (Å²) in [6, 6.07) is 11.5. The van der Waals surface area contributed by atoms with E-state index in [2.05, 4.69) is 5.23 Å². The van der Waals surface area contributed by atoms with Crippen LogP contribution in [0.2, 0.25) is 6.82 Å². The topological polar surface area (TPSA) is 82.4 Å². The van der Waals surface area contributed by atoms with Crippen molar-refractivity contribution in [2.45, 2.75) is 12.7 Å². The minimum absolute atomic E-state index is 0.343. The van der Waals surface area contributed by atoms with Gasteiger partial charge in [0.05, 0.1) is 5.92 Å². The fourth-order valence-corrected chi connectivity index (χ4v) is 2.98. The summed E-state index contributed by atoms with van der Waals surface area (Å²) in [5.74, 6) is -0.343. The van der Waals surface area contributed by atoms with Crippen LogP contribution in [0.1, 0.15) is 17.0 Å². The van der Waals surface area contributed by atoms with Gasteiger partial charge in [0.1, 0.15) is 12.7 Å². The molecule has 5 nitrogen and oxygen atoms in total. The second-order valence-electron chi connectivity index (χ2n) is 5.45. The van der Waals surface area contributed by atoms with E-state index in [0.717, 1.165) is 46.1 Å². The van der Waals surface area contributed by atoms with Crippen molar-refractivity contribution in [3.05, 3.63) is 47.5 Å².